The number of hydrogen-bond donors (Lipinski definition) is 0. The predicted octanol–water partition coefficient (Wildman–Crippen LogP) is 13.2. The quantitative estimate of drug-likeness (QED) is 0.168. The fourth-order valence-corrected chi connectivity index (χ4v) is 6.82. The van der Waals surface area contributed by atoms with Crippen molar-refractivity contribution in [3.63, 3.8) is 0 Å². The van der Waals surface area contributed by atoms with Gasteiger partial charge in [0.2, 0.25) is 0 Å². The molecule has 6 heteroatoms. The Morgan fingerprint density at radius 2 is 0.414 bits per heavy atom. The molecule has 2 aromatic heterocycles. The molecule has 0 aliphatic rings. The molecule has 0 atom stereocenters. The minimum absolute atomic E-state index is 0.0333. The third-order valence-corrected chi connectivity index (χ3v) is 10.6. The molecule has 0 amide bonds. The summed E-state index contributed by atoms with van der Waals surface area (Å²) < 4.78 is 0. The first kappa shape index (κ1) is 40.3. The average molecular weight is 765 g/mol. The van der Waals surface area contributed by atoms with Crippen LogP contribution < -0.4 is 0 Å². The van der Waals surface area contributed by atoms with Crippen molar-refractivity contribution < 1.29 is 0 Å². The molecule has 58 heavy (non-hydrogen) atoms. The normalized spacial score (nSPS) is 12.5. The van der Waals surface area contributed by atoms with Crippen LogP contribution in [-0.2, 0) is 21.7 Å². The Labute approximate surface area is 345 Å². The van der Waals surface area contributed by atoms with E-state index in [0.717, 1.165) is 33.4 Å². The van der Waals surface area contributed by atoms with E-state index in [1.54, 1.807) is 0 Å². The summed E-state index contributed by atoms with van der Waals surface area (Å²) in [6.07, 6.45) is 0. The lowest BCUT2D eigenvalue weighted by Gasteiger charge is -2.20. The zero-order chi connectivity index (χ0) is 41.6. The highest BCUT2D eigenvalue weighted by Gasteiger charge is 2.22. The van der Waals surface area contributed by atoms with Gasteiger partial charge < -0.3 is 0 Å². The first-order valence-electron chi connectivity index (χ1n) is 20.3. The minimum Gasteiger partial charge on any atom is -0.208 e. The Kier molecular flexibility index (Phi) is 10.5. The highest BCUT2D eigenvalue weighted by Crippen LogP contribution is 2.34. The maximum atomic E-state index is 5.15. The van der Waals surface area contributed by atoms with Crippen LogP contribution in [0.25, 0.3) is 68.3 Å². The summed E-state index contributed by atoms with van der Waals surface area (Å²) in [4.78, 5) is 30.8. The van der Waals surface area contributed by atoms with Gasteiger partial charge >= 0.3 is 0 Å². The molecular formula is C52H56N6. The molecule has 0 N–H and O–H groups in total. The van der Waals surface area contributed by atoms with Crippen LogP contribution in [0, 0.1) is 0 Å². The van der Waals surface area contributed by atoms with E-state index in [-0.39, 0.29) is 21.7 Å². The number of hydrogen-bond acceptors (Lipinski definition) is 6. The summed E-state index contributed by atoms with van der Waals surface area (Å²) in [6.45, 7) is 26.7. The fraction of sp³-hybridized carbons (Fsp3) is 0.308. The van der Waals surface area contributed by atoms with E-state index in [4.69, 9.17) is 29.9 Å². The van der Waals surface area contributed by atoms with Crippen molar-refractivity contribution >= 4 is 0 Å². The van der Waals surface area contributed by atoms with E-state index in [0.29, 0.717) is 34.9 Å². The summed E-state index contributed by atoms with van der Waals surface area (Å²) in [5.41, 5.74) is 10.2. The summed E-state index contributed by atoms with van der Waals surface area (Å²) in [5, 5.41) is 0. The van der Waals surface area contributed by atoms with Gasteiger partial charge in [0.25, 0.3) is 0 Å². The maximum Gasteiger partial charge on any atom is 0.164 e. The van der Waals surface area contributed by atoms with Crippen molar-refractivity contribution in [2.24, 2.45) is 0 Å². The van der Waals surface area contributed by atoms with E-state index < -0.39 is 0 Å². The van der Waals surface area contributed by atoms with E-state index in [1.165, 1.54) is 22.3 Å². The van der Waals surface area contributed by atoms with Gasteiger partial charge in [-0.3, -0.25) is 0 Å². The highest BCUT2D eigenvalue weighted by atomic mass is 15.0. The van der Waals surface area contributed by atoms with Gasteiger partial charge in [0.1, 0.15) is 0 Å². The molecule has 6 nitrogen and oxygen atoms in total. The second kappa shape index (κ2) is 15.1. The minimum atomic E-state index is -0.0333. The first-order valence-corrected chi connectivity index (χ1v) is 20.3. The molecule has 0 spiro atoms. The van der Waals surface area contributed by atoms with Gasteiger partial charge in [0.05, 0.1) is 0 Å². The van der Waals surface area contributed by atoms with Gasteiger partial charge in [0.15, 0.2) is 34.9 Å². The second-order valence-electron chi connectivity index (χ2n) is 19.5. The summed E-state index contributed by atoms with van der Waals surface area (Å²) in [6, 6.07) is 42.3. The molecule has 5 aromatic carbocycles. The molecule has 0 fully saturated rings. The second-order valence-corrected chi connectivity index (χ2v) is 19.5. The molecular weight excluding hydrogens is 709 g/mol. The van der Waals surface area contributed by atoms with Crippen LogP contribution in [-0.4, -0.2) is 29.9 Å². The molecule has 0 radical (unpaired) electrons. The summed E-state index contributed by atoms with van der Waals surface area (Å²) >= 11 is 0. The molecule has 2 heterocycles. The molecule has 0 saturated carbocycles. The highest BCUT2D eigenvalue weighted by molar-refractivity contribution is 5.73. The topological polar surface area (TPSA) is 77.3 Å². The Bertz CT molecular complexity index is 2280. The van der Waals surface area contributed by atoms with Gasteiger partial charge in [-0.1, -0.05) is 174 Å². The van der Waals surface area contributed by atoms with Crippen LogP contribution in [0.1, 0.15) is 105 Å². The van der Waals surface area contributed by atoms with Gasteiger partial charge in [-0.15, -0.1) is 0 Å². The van der Waals surface area contributed by atoms with Crippen molar-refractivity contribution in [2.75, 3.05) is 0 Å². The number of nitrogens with zero attached hydrogens (tertiary/aromatic N) is 6. The zero-order valence-electron chi connectivity index (χ0n) is 36.2. The first-order chi connectivity index (χ1) is 27.2. The number of aromatic nitrogens is 6. The molecule has 7 aromatic rings. The van der Waals surface area contributed by atoms with Gasteiger partial charge in [0, 0.05) is 33.4 Å². The third kappa shape index (κ3) is 8.97. The van der Waals surface area contributed by atoms with Crippen LogP contribution in [0.15, 0.2) is 121 Å². The van der Waals surface area contributed by atoms with Crippen LogP contribution in [0.2, 0.25) is 0 Å². The van der Waals surface area contributed by atoms with Gasteiger partial charge in [-0.05, 0) is 74.2 Å². The van der Waals surface area contributed by atoms with E-state index in [1.807, 2.05) is 18.2 Å². The largest absolute Gasteiger partial charge is 0.208 e. The van der Waals surface area contributed by atoms with Crippen LogP contribution >= 0.6 is 0 Å². The van der Waals surface area contributed by atoms with Crippen LogP contribution in [0.5, 0.6) is 0 Å². The Morgan fingerprint density at radius 1 is 0.241 bits per heavy atom. The van der Waals surface area contributed by atoms with E-state index in [9.17, 15) is 0 Å². The van der Waals surface area contributed by atoms with Crippen molar-refractivity contribution in [3.8, 4) is 68.3 Å². The lowest BCUT2D eigenvalue weighted by Crippen LogP contribution is -2.11. The van der Waals surface area contributed by atoms with Crippen LogP contribution in [0.4, 0.5) is 0 Å². The van der Waals surface area contributed by atoms with E-state index >= 15 is 0 Å². The van der Waals surface area contributed by atoms with E-state index in [2.05, 4.69) is 186 Å². The molecule has 294 valence electrons. The van der Waals surface area contributed by atoms with Gasteiger partial charge in [-0.2, -0.15) is 0 Å². The van der Waals surface area contributed by atoms with Crippen molar-refractivity contribution in [1.82, 2.24) is 29.9 Å². The zero-order valence-corrected chi connectivity index (χ0v) is 36.2. The standard InChI is InChI=1S/C52H56N6/c1-49(2,3)39-24-14-20-35(29-39)45-53-43(54-46(57-45)36-21-15-25-40(30-36)50(4,5)6)33-18-13-19-34(28-33)44-55-47(37-22-16-26-41(31-37)51(7,8)9)58-48(56-44)38-23-17-27-42(32-38)52(10,11)12/h13-32H,1-12H3. The smallest absolute Gasteiger partial charge is 0.164 e. The lowest BCUT2D eigenvalue weighted by atomic mass is 9.86. The average Bonchev–Trinajstić information content (AvgIpc) is 3.19. The van der Waals surface area contributed by atoms with Gasteiger partial charge in [-0.25, -0.2) is 29.9 Å². The molecule has 0 saturated heterocycles. The lowest BCUT2D eigenvalue weighted by molar-refractivity contribution is 0.590. The maximum absolute atomic E-state index is 5.15. The number of benzene rings is 5. The van der Waals surface area contributed by atoms with Crippen molar-refractivity contribution in [2.45, 2.75) is 105 Å². The Balaban J connectivity index is 1.41. The monoisotopic (exact) mass is 764 g/mol. The molecule has 0 unspecified atom stereocenters. The molecule has 7 rings (SSSR count). The SMILES string of the molecule is CC(C)(C)c1cccc(-c2nc(-c3cccc(-c4nc(-c5cccc(C(C)(C)C)c5)nc(-c5cccc(C(C)(C)C)c5)n4)c3)nc(-c3cccc(C(C)(C)C)c3)n2)c1. The predicted molar refractivity (Wildman–Crippen MR) is 241 cm³/mol. The molecule has 0 aliphatic carbocycles. The third-order valence-electron chi connectivity index (χ3n) is 10.6. The van der Waals surface area contributed by atoms with Crippen molar-refractivity contribution in [1.29, 1.82) is 0 Å². The fourth-order valence-electron chi connectivity index (χ4n) is 6.82. The van der Waals surface area contributed by atoms with Crippen molar-refractivity contribution in [3.05, 3.63) is 144 Å². The Morgan fingerprint density at radius 3 is 0.603 bits per heavy atom. The molecule has 0 bridgehead atoms. The molecule has 0 aliphatic heterocycles. The Hall–Kier alpha value is -5.88. The number of rotatable bonds is 6. The van der Waals surface area contributed by atoms with Crippen LogP contribution in [0.3, 0.4) is 0 Å². The summed E-state index contributed by atoms with van der Waals surface area (Å²) in [5.74, 6) is 3.66. The summed E-state index contributed by atoms with van der Waals surface area (Å²) in [7, 11) is 0.